The van der Waals surface area contributed by atoms with E-state index in [2.05, 4.69) is 0 Å². The fourth-order valence-corrected chi connectivity index (χ4v) is 2.25. The van der Waals surface area contributed by atoms with Crippen molar-refractivity contribution in [2.75, 3.05) is 12.3 Å². The molecule has 1 heterocycles. The molecule has 0 bridgehead atoms. The van der Waals surface area contributed by atoms with Crippen LogP contribution in [0.1, 0.15) is 6.92 Å². The van der Waals surface area contributed by atoms with E-state index in [1.54, 1.807) is 11.3 Å². The topological polar surface area (TPSA) is 55.5 Å². The van der Waals surface area contributed by atoms with Crippen molar-refractivity contribution in [2.24, 2.45) is 0 Å². The van der Waals surface area contributed by atoms with Gasteiger partial charge in [-0.05, 0) is 18.4 Å². The van der Waals surface area contributed by atoms with E-state index in [9.17, 15) is 5.11 Å². The van der Waals surface area contributed by atoms with Gasteiger partial charge in [0.25, 0.3) is 0 Å². The van der Waals surface area contributed by atoms with Crippen LogP contribution in [0.3, 0.4) is 0 Å². The molecule has 0 amide bonds. The van der Waals surface area contributed by atoms with Gasteiger partial charge in [0.05, 0.1) is 17.0 Å². The number of thiophene rings is 1. The third-order valence-electron chi connectivity index (χ3n) is 1.99. The number of nitrogens with two attached hydrogens (primary N) is 1. The molecule has 2 rings (SSSR count). The lowest BCUT2D eigenvalue weighted by molar-refractivity contribution is 0.322. The summed E-state index contributed by atoms with van der Waals surface area (Å²) in [5, 5.41) is 12.5. The van der Waals surface area contributed by atoms with E-state index in [1.165, 1.54) is 6.07 Å². The predicted octanol–water partition coefficient (Wildman–Crippen LogP) is 2.59. The molecule has 0 radical (unpaired) electrons. The molecule has 0 aliphatic carbocycles. The van der Waals surface area contributed by atoms with Crippen LogP contribution < -0.4 is 10.5 Å². The second-order valence-electron chi connectivity index (χ2n) is 2.91. The van der Waals surface area contributed by atoms with Crippen LogP contribution in [-0.2, 0) is 0 Å². The van der Waals surface area contributed by atoms with Gasteiger partial charge in [0.15, 0.2) is 11.5 Å². The minimum atomic E-state index is 0.107. The van der Waals surface area contributed by atoms with Crippen molar-refractivity contribution in [3.8, 4) is 11.5 Å². The van der Waals surface area contributed by atoms with Crippen molar-refractivity contribution < 1.29 is 9.84 Å². The number of hydrogen-bond donors (Lipinski definition) is 2. The standard InChI is InChI=1S/C10H11NO2S/c1-2-13-9-6-3-4-14-10(6)7(11)5-8(9)12/h3-5,12H,2,11H2,1H3. The van der Waals surface area contributed by atoms with E-state index < -0.39 is 0 Å². The van der Waals surface area contributed by atoms with E-state index in [0.29, 0.717) is 18.0 Å². The highest BCUT2D eigenvalue weighted by molar-refractivity contribution is 7.17. The number of anilines is 1. The van der Waals surface area contributed by atoms with Crippen LogP contribution in [0.4, 0.5) is 5.69 Å². The molecule has 0 atom stereocenters. The van der Waals surface area contributed by atoms with E-state index >= 15 is 0 Å². The summed E-state index contributed by atoms with van der Waals surface area (Å²) in [6.07, 6.45) is 0. The molecule has 0 saturated carbocycles. The Bertz CT molecular complexity index is 464. The average molecular weight is 209 g/mol. The molecule has 3 N–H and O–H groups in total. The van der Waals surface area contributed by atoms with Gasteiger partial charge >= 0.3 is 0 Å². The fraction of sp³-hybridized carbons (Fsp3) is 0.200. The third-order valence-corrected chi connectivity index (χ3v) is 2.95. The van der Waals surface area contributed by atoms with E-state index in [4.69, 9.17) is 10.5 Å². The van der Waals surface area contributed by atoms with Gasteiger partial charge in [0.2, 0.25) is 0 Å². The molecule has 3 nitrogen and oxygen atoms in total. The van der Waals surface area contributed by atoms with Gasteiger partial charge in [-0.3, -0.25) is 0 Å². The first-order valence-electron chi connectivity index (χ1n) is 4.35. The zero-order valence-corrected chi connectivity index (χ0v) is 8.60. The molecule has 4 heteroatoms. The van der Waals surface area contributed by atoms with Crippen molar-refractivity contribution in [1.82, 2.24) is 0 Å². The number of nitrogen functional groups attached to an aromatic ring is 1. The molecule has 0 aliphatic heterocycles. The molecule has 1 aromatic heterocycles. The number of rotatable bonds is 2. The molecule has 74 valence electrons. The number of phenolic OH excluding ortho intramolecular Hbond substituents is 1. The number of hydrogen-bond acceptors (Lipinski definition) is 4. The lowest BCUT2D eigenvalue weighted by atomic mass is 10.2. The Hall–Kier alpha value is -1.42. The van der Waals surface area contributed by atoms with Crippen LogP contribution in [0, 0.1) is 0 Å². The number of fused-ring (bicyclic) bond motifs is 1. The zero-order valence-electron chi connectivity index (χ0n) is 7.78. The summed E-state index contributed by atoms with van der Waals surface area (Å²) < 4.78 is 6.33. The monoisotopic (exact) mass is 209 g/mol. The highest BCUT2D eigenvalue weighted by Crippen LogP contribution is 2.41. The number of phenols is 1. The molecule has 2 aromatic rings. The maximum atomic E-state index is 9.64. The number of benzene rings is 1. The first-order valence-corrected chi connectivity index (χ1v) is 5.23. The second-order valence-corrected chi connectivity index (χ2v) is 3.83. The summed E-state index contributed by atoms with van der Waals surface area (Å²) in [6, 6.07) is 3.44. The lowest BCUT2D eigenvalue weighted by Crippen LogP contribution is -1.94. The van der Waals surface area contributed by atoms with Gasteiger partial charge in [-0.25, -0.2) is 0 Å². The minimum Gasteiger partial charge on any atom is -0.504 e. The van der Waals surface area contributed by atoms with Crippen LogP contribution in [0.2, 0.25) is 0 Å². The first-order chi connectivity index (χ1) is 6.74. The molecular formula is C10H11NO2S. The van der Waals surface area contributed by atoms with Gasteiger partial charge in [-0.1, -0.05) is 0 Å². The number of ether oxygens (including phenoxy) is 1. The van der Waals surface area contributed by atoms with Crippen molar-refractivity contribution in [3.05, 3.63) is 17.5 Å². The second kappa shape index (κ2) is 3.38. The third kappa shape index (κ3) is 1.28. The van der Waals surface area contributed by atoms with E-state index in [0.717, 1.165) is 10.1 Å². The van der Waals surface area contributed by atoms with Gasteiger partial charge < -0.3 is 15.6 Å². The molecule has 0 fully saturated rings. The highest BCUT2D eigenvalue weighted by atomic mass is 32.1. The van der Waals surface area contributed by atoms with Crippen molar-refractivity contribution in [2.45, 2.75) is 6.92 Å². The van der Waals surface area contributed by atoms with Crippen LogP contribution in [-0.4, -0.2) is 11.7 Å². The normalized spacial score (nSPS) is 10.6. The largest absolute Gasteiger partial charge is 0.504 e. The molecule has 1 aromatic carbocycles. The predicted molar refractivity (Wildman–Crippen MR) is 59.1 cm³/mol. The molecule has 14 heavy (non-hydrogen) atoms. The Morgan fingerprint density at radius 1 is 1.57 bits per heavy atom. The van der Waals surface area contributed by atoms with Crippen molar-refractivity contribution in [3.63, 3.8) is 0 Å². The van der Waals surface area contributed by atoms with Crippen molar-refractivity contribution in [1.29, 1.82) is 0 Å². The molecule has 0 spiro atoms. The SMILES string of the molecule is CCOc1c(O)cc(N)c2sccc12. The minimum absolute atomic E-state index is 0.107. The van der Waals surface area contributed by atoms with Crippen LogP contribution in [0.15, 0.2) is 17.5 Å². The summed E-state index contributed by atoms with van der Waals surface area (Å²) in [5.41, 5.74) is 6.35. The molecule has 0 aliphatic rings. The Labute approximate surface area is 85.7 Å². The average Bonchev–Trinajstić information content (AvgIpc) is 2.60. The summed E-state index contributed by atoms with van der Waals surface area (Å²) in [7, 11) is 0. The molecule has 0 unspecified atom stereocenters. The Morgan fingerprint density at radius 3 is 3.07 bits per heavy atom. The van der Waals surface area contributed by atoms with Crippen LogP contribution >= 0.6 is 11.3 Å². The Balaban J connectivity index is 2.73. The van der Waals surface area contributed by atoms with Crippen LogP contribution in [0.5, 0.6) is 11.5 Å². The Morgan fingerprint density at radius 2 is 2.36 bits per heavy atom. The van der Waals surface area contributed by atoms with Gasteiger partial charge in [-0.15, -0.1) is 11.3 Å². The fourth-order valence-electron chi connectivity index (χ4n) is 1.42. The maximum Gasteiger partial charge on any atom is 0.169 e. The van der Waals surface area contributed by atoms with Gasteiger partial charge in [0.1, 0.15) is 0 Å². The molecular weight excluding hydrogens is 198 g/mol. The summed E-state index contributed by atoms with van der Waals surface area (Å²) >= 11 is 1.55. The lowest BCUT2D eigenvalue weighted by Gasteiger charge is -2.08. The van der Waals surface area contributed by atoms with E-state index in [-0.39, 0.29) is 5.75 Å². The summed E-state index contributed by atoms with van der Waals surface area (Å²) in [6.45, 7) is 2.41. The van der Waals surface area contributed by atoms with Gasteiger partial charge in [0, 0.05) is 11.5 Å². The van der Waals surface area contributed by atoms with Gasteiger partial charge in [-0.2, -0.15) is 0 Å². The number of aromatic hydroxyl groups is 1. The smallest absolute Gasteiger partial charge is 0.169 e. The van der Waals surface area contributed by atoms with E-state index in [1.807, 2.05) is 18.4 Å². The highest BCUT2D eigenvalue weighted by Gasteiger charge is 2.11. The zero-order chi connectivity index (χ0) is 10.1. The van der Waals surface area contributed by atoms with Crippen molar-refractivity contribution >= 4 is 27.1 Å². The first kappa shape index (κ1) is 9.15. The maximum absolute atomic E-state index is 9.64. The molecule has 0 saturated heterocycles. The summed E-state index contributed by atoms with van der Waals surface area (Å²) in [5.74, 6) is 0.633. The quantitative estimate of drug-likeness (QED) is 0.747. The Kier molecular flexibility index (Phi) is 2.21. The summed E-state index contributed by atoms with van der Waals surface area (Å²) in [4.78, 5) is 0. The van der Waals surface area contributed by atoms with Crippen LogP contribution in [0.25, 0.3) is 10.1 Å².